The Morgan fingerprint density at radius 2 is 1.71 bits per heavy atom. The van der Waals surface area contributed by atoms with Crippen molar-refractivity contribution >= 4 is 11.6 Å². The molecule has 0 heterocycles. The molecular formula is C11H9ClN2. The zero-order chi connectivity index (χ0) is 10.4. The summed E-state index contributed by atoms with van der Waals surface area (Å²) in [4.78, 5) is 0. The molecule has 0 radical (unpaired) electrons. The Kier molecular flexibility index (Phi) is 3.98. The van der Waals surface area contributed by atoms with Crippen LogP contribution in [0.1, 0.15) is 24.3 Å². The van der Waals surface area contributed by atoms with Crippen LogP contribution in [-0.4, -0.2) is 0 Å². The Hall–Kier alpha value is -1.51. The van der Waals surface area contributed by atoms with Gasteiger partial charge in [-0.1, -0.05) is 29.8 Å². The second-order valence-electron chi connectivity index (χ2n) is 2.94. The maximum Gasteiger partial charge on any atom is 0.0628 e. The number of rotatable bonds is 3. The Bertz CT molecular complexity index is 371. The summed E-state index contributed by atoms with van der Waals surface area (Å²) in [5, 5.41) is 17.9. The van der Waals surface area contributed by atoms with Crippen LogP contribution in [-0.2, 0) is 0 Å². The van der Waals surface area contributed by atoms with E-state index >= 15 is 0 Å². The lowest BCUT2D eigenvalue weighted by Gasteiger charge is -2.11. The molecule has 1 aromatic carbocycles. The van der Waals surface area contributed by atoms with Crippen molar-refractivity contribution in [2.24, 2.45) is 0 Å². The monoisotopic (exact) mass is 204 g/mol. The van der Waals surface area contributed by atoms with Crippen LogP contribution in [0.5, 0.6) is 0 Å². The van der Waals surface area contributed by atoms with Crippen LogP contribution in [0.3, 0.4) is 0 Å². The van der Waals surface area contributed by atoms with Crippen LogP contribution < -0.4 is 0 Å². The summed E-state index contributed by atoms with van der Waals surface area (Å²) in [5.41, 5.74) is 0.886. The fourth-order valence-electron chi connectivity index (χ4n) is 1.32. The van der Waals surface area contributed by atoms with E-state index in [1.807, 2.05) is 18.2 Å². The van der Waals surface area contributed by atoms with Crippen molar-refractivity contribution in [1.82, 2.24) is 0 Å². The van der Waals surface area contributed by atoms with Crippen LogP contribution in [0.4, 0.5) is 0 Å². The predicted molar refractivity (Wildman–Crippen MR) is 54.7 cm³/mol. The summed E-state index contributed by atoms with van der Waals surface area (Å²) in [5.74, 6) is -0.0706. The van der Waals surface area contributed by atoms with Gasteiger partial charge in [0.25, 0.3) is 0 Å². The molecule has 0 saturated carbocycles. The van der Waals surface area contributed by atoms with Gasteiger partial charge in [-0.3, -0.25) is 0 Å². The van der Waals surface area contributed by atoms with Gasteiger partial charge in [0, 0.05) is 23.8 Å². The number of nitrogens with zero attached hydrogens (tertiary/aromatic N) is 2. The van der Waals surface area contributed by atoms with E-state index in [4.69, 9.17) is 22.1 Å². The van der Waals surface area contributed by atoms with Gasteiger partial charge in [-0.2, -0.15) is 10.5 Å². The van der Waals surface area contributed by atoms with Crippen molar-refractivity contribution in [3.05, 3.63) is 34.9 Å². The summed E-state index contributed by atoms with van der Waals surface area (Å²) < 4.78 is 0. The lowest BCUT2D eigenvalue weighted by Crippen LogP contribution is -1.97. The standard InChI is InChI=1S/C11H9ClN2/c12-11-4-2-1-3-10(11)9(5-7-13)6-8-14/h1-4,9H,5-6H2. The zero-order valence-electron chi connectivity index (χ0n) is 7.57. The lowest BCUT2D eigenvalue weighted by atomic mass is 9.94. The van der Waals surface area contributed by atoms with Gasteiger partial charge in [0.05, 0.1) is 12.1 Å². The van der Waals surface area contributed by atoms with Gasteiger partial charge in [-0.05, 0) is 11.6 Å². The van der Waals surface area contributed by atoms with Gasteiger partial charge in [-0.25, -0.2) is 0 Å². The van der Waals surface area contributed by atoms with Crippen LogP contribution in [0.2, 0.25) is 5.02 Å². The van der Waals surface area contributed by atoms with E-state index < -0.39 is 0 Å². The van der Waals surface area contributed by atoms with E-state index in [0.717, 1.165) is 5.56 Å². The topological polar surface area (TPSA) is 47.6 Å². The Labute approximate surface area is 88.3 Å². The lowest BCUT2D eigenvalue weighted by molar-refractivity contribution is 0.726. The van der Waals surface area contributed by atoms with E-state index in [1.165, 1.54) is 0 Å². The highest BCUT2D eigenvalue weighted by Gasteiger charge is 2.13. The molecule has 0 saturated heterocycles. The van der Waals surface area contributed by atoms with Gasteiger partial charge in [-0.15, -0.1) is 0 Å². The number of halogens is 1. The van der Waals surface area contributed by atoms with Gasteiger partial charge in [0.1, 0.15) is 0 Å². The van der Waals surface area contributed by atoms with Gasteiger partial charge < -0.3 is 0 Å². The normalized spacial score (nSPS) is 9.43. The zero-order valence-corrected chi connectivity index (χ0v) is 8.33. The smallest absolute Gasteiger partial charge is 0.0628 e. The molecule has 0 bridgehead atoms. The molecule has 0 spiro atoms. The van der Waals surface area contributed by atoms with Crippen LogP contribution >= 0.6 is 11.6 Å². The summed E-state index contributed by atoms with van der Waals surface area (Å²) >= 11 is 5.97. The van der Waals surface area contributed by atoms with Gasteiger partial charge in [0.15, 0.2) is 0 Å². The number of hydrogen-bond donors (Lipinski definition) is 0. The summed E-state index contributed by atoms with van der Waals surface area (Å²) in [6, 6.07) is 11.5. The highest BCUT2D eigenvalue weighted by molar-refractivity contribution is 6.31. The first-order valence-electron chi connectivity index (χ1n) is 4.28. The molecule has 1 rings (SSSR count). The third-order valence-corrected chi connectivity index (χ3v) is 2.36. The van der Waals surface area contributed by atoms with E-state index in [1.54, 1.807) is 6.07 Å². The van der Waals surface area contributed by atoms with Crippen molar-refractivity contribution in [3.8, 4) is 12.1 Å². The third kappa shape index (κ3) is 2.49. The molecule has 0 aliphatic carbocycles. The average Bonchev–Trinajstić information content (AvgIpc) is 2.18. The first-order valence-corrected chi connectivity index (χ1v) is 4.65. The van der Waals surface area contributed by atoms with E-state index in [9.17, 15) is 0 Å². The SMILES string of the molecule is N#CCC(CC#N)c1ccccc1Cl. The molecule has 0 fully saturated rings. The first kappa shape index (κ1) is 10.6. The highest BCUT2D eigenvalue weighted by atomic mass is 35.5. The molecular weight excluding hydrogens is 196 g/mol. The van der Waals surface area contributed by atoms with E-state index in [2.05, 4.69) is 12.1 Å². The van der Waals surface area contributed by atoms with Crippen molar-refractivity contribution in [2.75, 3.05) is 0 Å². The molecule has 70 valence electrons. The number of hydrogen-bond acceptors (Lipinski definition) is 2. The predicted octanol–water partition coefficient (Wildman–Crippen LogP) is 3.25. The molecule has 0 aliphatic heterocycles. The largest absolute Gasteiger partial charge is 0.198 e. The molecule has 3 heteroatoms. The first-order chi connectivity index (χ1) is 6.79. The molecule has 0 amide bonds. The van der Waals surface area contributed by atoms with Crippen LogP contribution in [0.25, 0.3) is 0 Å². The fraction of sp³-hybridized carbons (Fsp3) is 0.273. The molecule has 0 aliphatic rings. The Morgan fingerprint density at radius 1 is 1.14 bits per heavy atom. The highest BCUT2D eigenvalue weighted by Crippen LogP contribution is 2.28. The number of nitriles is 2. The van der Waals surface area contributed by atoms with Crippen molar-refractivity contribution < 1.29 is 0 Å². The second-order valence-corrected chi connectivity index (χ2v) is 3.35. The van der Waals surface area contributed by atoms with Crippen molar-refractivity contribution in [1.29, 1.82) is 10.5 Å². The quantitative estimate of drug-likeness (QED) is 0.759. The van der Waals surface area contributed by atoms with Gasteiger partial charge in [0.2, 0.25) is 0 Å². The molecule has 1 aromatic rings. The Morgan fingerprint density at radius 3 is 2.21 bits per heavy atom. The van der Waals surface area contributed by atoms with Crippen molar-refractivity contribution in [2.45, 2.75) is 18.8 Å². The summed E-state index contributed by atoms with van der Waals surface area (Å²) in [7, 11) is 0. The van der Waals surface area contributed by atoms with Gasteiger partial charge >= 0.3 is 0 Å². The Balaban J connectivity index is 2.95. The fourth-order valence-corrected chi connectivity index (χ4v) is 1.61. The van der Waals surface area contributed by atoms with Crippen LogP contribution in [0.15, 0.2) is 24.3 Å². The molecule has 14 heavy (non-hydrogen) atoms. The maximum absolute atomic E-state index is 8.61. The second kappa shape index (κ2) is 5.27. The number of benzene rings is 1. The van der Waals surface area contributed by atoms with E-state index in [-0.39, 0.29) is 5.92 Å². The van der Waals surface area contributed by atoms with Crippen LogP contribution in [0, 0.1) is 22.7 Å². The molecule has 2 nitrogen and oxygen atoms in total. The van der Waals surface area contributed by atoms with E-state index in [0.29, 0.717) is 17.9 Å². The third-order valence-electron chi connectivity index (χ3n) is 2.02. The molecule has 0 unspecified atom stereocenters. The van der Waals surface area contributed by atoms with Crippen molar-refractivity contribution in [3.63, 3.8) is 0 Å². The summed E-state index contributed by atoms with van der Waals surface area (Å²) in [6.07, 6.45) is 0.661. The molecule has 0 atom stereocenters. The minimum atomic E-state index is -0.0706. The average molecular weight is 205 g/mol. The maximum atomic E-state index is 8.61. The minimum Gasteiger partial charge on any atom is -0.198 e. The summed E-state index contributed by atoms with van der Waals surface area (Å²) in [6.45, 7) is 0. The molecule has 0 N–H and O–H groups in total. The molecule has 0 aromatic heterocycles. The minimum absolute atomic E-state index is 0.0706.